The lowest BCUT2D eigenvalue weighted by atomic mass is 9.78. The van der Waals surface area contributed by atoms with Crippen LogP contribution in [0.4, 0.5) is 0 Å². The number of nitrogens with one attached hydrogen (secondary N) is 2. The van der Waals surface area contributed by atoms with E-state index >= 15 is 0 Å². The van der Waals surface area contributed by atoms with E-state index in [0.29, 0.717) is 5.92 Å². The number of rotatable bonds is 6. The summed E-state index contributed by atoms with van der Waals surface area (Å²) < 4.78 is 1.20. The maximum absolute atomic E-state index is 13.2. The van der Waals surface area contributed by atoms with Crippen molar-refractivity contribution in [3.05, 3.63) is 29.3 Å². The molecule has 2 heterocycles. The number of hydrogen-bond acceptors (Lipinski definition) is 4. The van der Waals surface area contributed by atoms with Gasteiger partial charge in [0.1, 0.15) is 0 Å². The number of piperidine rings is 1. The highest BCUT2D eigenvalue weighted by Gasteiger charge is 2.38. The topological polar surface area (TPSA) is 54.0 Å². The summed E-state index contributed by atoms with van der Waals surface area (Å²) in [6.45, 7) is 8.40. The Morgan fingerprint density at radius 2 is 2.12 bits per heavy atom. The van der Waals surface area contributed by atoms with Crippen molar-refractivity contribution in [2.75, 3.05) is 13.1 Å². The fourth-order valence-corrected chi connectivity index (χ4v) is 4.80. The largest absolute Gasteiger partial charge is 0.351 e. The molecule has 2 unspecified atom stereocenters. The third-order valence-corrected chi connectivity index (χ3v) is 6.84. The molecule has 4 nitrogen and oxygen atoms in total. The lowest BCUT2D eigenvalue weighted by molar-refractivity contribution is -0.132. The van der Waals surface area contributed by atoms with Crippen molar-refractivity contribution < 1.29 is 4.79 Å². The molecule has 2 atom stereocenters. The average molecular weight is 360 g/mol. The van der Waals surface area contributed by atoms with Gasteiger partial charge in [-0.25, -0.2) is 4.98 Å². The second-order valence-electron chi connectivity index (χ2n) is 7.29. The SMILES string of the molecule is CCC(CC)(Cc1nc2ccccc2s1)C(=O)NC1CNCCC1C. The Bertz CT molecular complexity index is 690. The van der Waals surface area contributed by atoms with Crippen LogP contribution in [0.25, 0.3) is 10.2 Å². The summed E-state index contributed by atoms with van der Waals surface area (Å²) in [6.07, 6.45) is 3.51. The molecule has 136 valence electrons. The van der Waals surface area contributed by atoms with Crippen molar-refractivity contribution in [3.8, 4) is 0 Å². The van der Waals surface area contributed by atoms with Gasteiger partial charge in [0.2, 0.25) is 5.91 Å². The van der Waals surface area contributed by atoms with Crippen LogP contribution < -0.4 is 10.6 Å². The van der Waals surface area contributed by atoms with E-state index < -0.39 is 0 Å². The highest BCUT2D eigenvalue weighted by atomic mass is 32.1. The van der Waals surface area contributed by atoms with E-state index in [-0.39, 0.29) is 17.4 Å². The van der Waals surface area contributed by atoms with E-state index in [4.69, 9.17) is 4.98 Å². The lowest BCUT2D eigenvalue weighted by Crippen LogP contribution is -2.54. The fraction of sp³-hybridized carbons (Fsp3) is 0.600. The van der Waals surface area contributed by atoms with Crippen LogP contribution in [-0.2, 0) is 11.2 Å². The molecular formula is C20H29N3OS. The van der Waals surface area contributed by atoms with E-state index in [2.05, 4.69) is 37.5 Å². The Kier molecular flexibility index (Phi) is 5.74. The highest BCUT2D eigenvalue weighted by Crippen LogP contribution is 2.34. The molecule has 1 aliphatic rings. The highest BCUT2D eigenvalue weighted by molar-refractivity contribution is 7.18. The molecule has 3 rings (SSSR count). The van der Waals surface area contributed by atoms with Gasteiger partial charge in [-0.05, 0) is 43.9 Å². The molecule has 5 heteroatoms. The molecule has 1 aromatic heterocycles. The second kappa shape index (κ2) is 7.83. The molecule has 1 fully saturated rings. The van der Waals surface area contributed by atoms with E-state index in [9.17, 15) is 4.79 Å². The Morgan fingerprint density at radius 3 is 2.80 bits per heavy atom. The number of carbonyl (C=O) groups is 1. The number of thiazole rings is 1. The van der Waals surface area contributed by atoms with Gasteiger partial charge in [-0.15, -0.1) is 11.3 Å². The van der Waals surface area contributed by atoms with Crippen molar-refractivity contribution in [1.29, 1.82) is 0 Å². The van der Waals surface area contributed by atoms with Crippen molar-refractivity contribution in [2.24, 2.45) is 11.3 Å². The number of fused-ring (bicyclic) bond motifs is 1. The quantitative estimate of drug-likeness (QED) is 0.826. The van der Waals surface area contributed by atoms with Gasteiger partial charge >= 0.3 is 0 Å². The summed E-state index contributed by atoms with van der Waals surface area (Å²) in [7, 11) is 0. The molecular weight excluding hydrogens is 330 g/mol. The summed E-state index contributed by atoms with van der Waals surface area (Å²) in [5.74, 6) is 0.719. The van der Waals surface area contributed by atoms with Gasteiger partial charge in [-0.2, -0.15) is 0 Å². The number of para-hydroxylation sites is 1. The maximum Gasteiger partial charge on any atom is 0.226 e. The number of amides is 1. The first-order chi connectivity index (χ1) is 12.1. The van der Waals surface area contributed by atoms with Crippen LogP contribution in [0.3, 0.4) is 0 Å². The lowest BCUT2D eigenvalue weighted by Gasteiger charge is -2.35. The van der Waals surface area contributed by atoms with E-state index in [0.717, 1.165) is 49.3 Å². The molecule has 1 saturated heterocycles. The van der Waals surface area contributed by atoms with E-state index in [1.165, 1.54) is 4.70 Å². The molecule has 1 amide bonds. The van der Waals surface area contributed by atoms with Crippen molar-refractivity contribution in [3.63, 3.8) is 0 Å². The molecule has 1 aromatic carbocycles. The zero-order valence-corrected chi connectivity index (χ0v) is 16.3. The van der Waals surface area contributed by atoms with Gasteiger partial charge in [0.15, 0.2) is 0 Å². The number of carbonyl (C=O) groups excluding carboxylic acids is 1. The summed E-state index contributed by atoms with van der Waals surface area (Å²) in [6, 6.07) is 8.44. The number of nitrogens with zero attached hydrogens (tertiary/aromatic N) is 1. The molecule has 25 heavy (non-hydrogen) atoms. The van der Waals surface area contributed by atoms with Crippen LogP contribution >= 0.6 is 11.3 Å². The third-order valence-electron chi connectivity index (χ3n) is 5.81. The van der Waals surface area contributed by atoms with Gasteiger partial charge < -0.3 is 10.6 Å². The minimum absolute atomic E-state index is 0.192. The van der Waals surface area contributed by atoms with E-state index in [1.54, 1.807) is 11.3 Å². The smallest absolute Gasteiger partial charge is 0.226 e. The summed E-state index contributed by atoms with van der Waals surface area (Å²) in [4.78, 5) is 18.0. The molecule has 2 N–H and O–H groups in total. The first-order valence-electron chi connectivity index (χ1n) is 9.44. The van der Waals surface area contributed by atoms with Crippen molar-refractivity contribution in [2.45, 2.75) is 52.5 Å². The standard InChI is InChI=1S/C20H29N3OS/c1-4-20(5-2,19(24)23-16-13-21-11-10-14(16)3)12-18-22-15-8-6-7-9-17(15)25-18/h6-9,14,16,21H,4-5,10-13H2,1-3H3,(H,23,24). The van der Waals surface area contributed by atoms with Gasteiger partial charge in [-0.3, -0.25) is 4.79 Å². The predicted octanol–water partition coefficient (Wildman–Crippen LogP) is 3.76. The molecule has 0 aliphatic carbocycles. The van der Waals surface area contributed by atoms with E-state index in [1.807, 2.05) is 18.2 Å². The molecule has 0 spiro atoms. The second-order valence-corrected chi connectivity index (χ2v) is 8.40. The Balaban J connectivity index is 1.78. The van der Waals surface area contributed by atoms with Crippen LogP contribution in [0.5, 0.6) is 0 Å². The predicted molar refractivity (Wildman–Crippen MR) is 105 cm³/mol. The minimum atomic E-state index is -0.370. The summed E-state index contributed by atoms with van der Waals surface area (Å²) >= 11 is 1.72. The minimum Gasteiger partial charge on any atom is -0.351 e. The summed E-state index contributed by atoms with van der Waals surface area (Å²) in [5.41, 5.74) is 0.666. The normalized spacial score (nSPS) is 21.4. The van der Waals surface area contributed by atoms with Gasteiger partial charge in [0.25, 0.3) is 0 Å². The van der Waals surface area contributed by atoms with Crippen molar-refractivity contribution >= 4 is 27.5 Å². The Labute approximate surface area is 154 Å². The maximum atomic E-state index is 13.2. The zero-order valence-electron chi connectivity index (χ0n) is 15.5. The molecule has 1 aliphatic heterocycles. The Hall–Kier alpha value is -1.46. The summed E-state index contributed by atoms with van der Waals surface area (Å²) in [5, 5.41) is 7.81. The van der Waals surface area contributed by atoms with Gasteiger partial charge in [0, 0.05) is 19.0 Å². The van der Waals surface area contributed by atoms with Gasteiger partial charge in [-0.1, -0.05) is 32.9 Å². The van der Waals surface area contributed by atoms with Crippen molar-refractivity contribution in [1.82, 2.24) is 15.6 Å². The van der Waals surface area contributed by atoms with Crippen LogP contribution in [0.2, 0.25) is 0 Å². The number of benzene rings is 1. The van der Waals surface area contributed by atoms with Crippen LogP contribution in [0, 0.1) is 11.3 Å². The molecule has 0 bridgehead atoms. The average Bonchev–Trinajstić information content (AvgIpc) is 3.04. The van der Waals surface area contributed by atoms with Crippen LogP contribution in [-0.4, -0.2) is 30.0 Å². The monoisotopic (exact) mass is 359 g/mol. The van der Waals surface area contributed by atoms with Gasteiger partial charge in [0.05, 0.1) is 20.6 Å². The molecule has 2 aromatic rings. The Morgan fingerprint density at radius 1 is 1.36 bits per heavy atom. The fourth-order valence-electron chi connectivity index (χ4n) is 3.69. The van der Waals surface area contributed by atoms with Crippen LogP contribution in [0.15, 0.2) is 24.3 Å². The van der Waals surface area contributed by atoms with Crippen LogP contribution in [0.1, 0.15) is 45.0 Å². The first-order valence-corrected chi connectivity index (χ1v) is 10.3. The zero-order chi connectivity index (χ0) is 17.9. The molecule has 0 saturated carbocycles. The number of hydrogen-bond donors (Lipinski definition) is 2. The first kappa shape index (κ1) is 18.3. The third kappa shape index (κ3) is 3.87. The number of aromatic nitrogens is 1. The molecule has 0 radical (unpaired) electrons.